The van der Waals surface area contributed by atoms with Gasteiger partial charge in [0.2, 0.25) is 0 Å². The van der Waals surface area contributed by atoms with Crippen LogP contribution in [-0.2, 0) is 0 Å². The summed E-state index contributed by atoms with van der Waals surface area (Å²) in [5.74, 6) is -0.551. The van der Waals surface area contributed by atoms with E-state index in [4.69, 9.17) is 0 Å². The van der Waals surface area contributed by atoms with Crippen LogP contribution in [0.25, 0.3) is 54.2 Å². The number of nitrogens with zero attached hydrogens (tertiary/aromatic N) is 1. The number of carbonyl (C=O) groups is 2. The Morgan fingerprint density at radius 1 is 0.465 bits per heavy atom. The van der Waals surface area contributed by atoms with Gasteiger partial charge in [0.1, 0.15) is 0 Å². The molecule has 0 atom stereocenters. The Kier molecular flexibility index (Phi) is 4.76. The SMILES string of the molecule is C=C1CC(=C)c2ccc3c4ccc5c6c(ccc(c7ccc1c2c73)c64)C(=O)N(C(c1ccccc1)c1ccccc1)C5=O. The first-order valence-electron chi connectivity index (χ1n) is 14.6. The Labute approximate surface area is 248 Å². The monoisotopic (exact) mass is 551 g/mol. The van der Waals surface area contributed by atoms with Crippen LogP contribution in [-0.4, -0.2) is 16.7 Å². The normalized spacial score (nSPS) is 14.8. The minimum Gasteiger partial charge on any atom is -0.269 e. The minimum absolute atomic E-state index is 0.275. The molecule has 202 valence electrons. The van der Waals surface area contributed by atoms with Crippen molar-refractivity contribution in [1.29, 1.82) is 0 Å². The molecule has 3 heteroatoms. The molecule has 0 unspecified atom stereocenters. The van der Waals surface area contributed by atoms with Gasteiger partial charge < -0.3 is 0 Å². The maximum atomic E-state index is 14.5. The molecule has 0 fully saturated rings. The zero-order valence-corrected chi connectivity index (χ0v) is 23.4. The lowest BCUT2D eigenvalue weighted by molar-refractivity contribution is 0.0563. The lowest BCUT2D eigenvalue weighted by Gasteiger charge is -2.35. The average Bonchev–Trinajstić information content (AvgIpc) is 3.04. The molecule has 2 aliphatic rings. The zero-order chi connectivity index (χ0) is 29.0. The number of amides is 2. The summed E-state index contributed by atoms with van der Waals surface area (Å²) in [5, 5.41) is 8.42. The van der Waals surface area contributed by atoms with Gasteiger partial charge in [-0.15, -0.1) is 0 Å². The van der Waals surface area contributed by atoms with Crippen LogP contribution in [0.15, 0.2) is 122 Å². The van der Waals surface area contributed by atoms with E-state index in [1.807, 2.05) is 72.8 Å². The molecule has 9 rings (SSSR count). The highest BCUT2D eigenvalue weighted by molar-refractivity contribution is 6.39. The molecule has 0 bridgehead atoms. The number of carbonyl (C=O) groups excluding carboxylic acids is 2. The number of imide groups is 1. The summed E-state index contributed by atoms with van der Waals surface area (Å²) in [7, 11) is 0. The molecule has 0 aromatic heterocycles. The van der Waals surface area contributed by atoms with Crippen LogP contribution >= 0.6 is 0 Å². The second-order valence-electron chi connectivity index (χ2n) is 11.7. The fraction of sp³-hybridized carbons (Fsp3) is 0.0500. The van der Waals surface area contributed by atoms with E-state index in [1.165, 1.54) is 26.8 Å². The zero-order valence-electron chi connectivity index (χ0n) is 23.4. The van der Waals surface area contributed by atoms with Crippen molar-refractivity contribution >= 4 is 66.1 Å². The van der Waals surface area contributed by atoms with E-state index in [0.717, 1.165) is 61.0 Å². The number of fused-ring (bicyclic) bond motifs is 2. The summed E-state index contributed by atoms with van der Waals surface area (Å²) in [4.78, 5) is 30.4. The van der Waals surface area contributed by atoms with Gasteiger partial charge in [0.25, 0.3) is 11.8 Å². The van der Waals surface area contributed by atoms with Gasteiger partial charge in [0, 0.05) is 16.5 Å². The standard InChI is InChI=1S/C40H25NO2/c1-22-21-23(2)27-14-16-29-31-18-20-33-37-32(19-17-30(36(31)37)28-15-13-26(22)34(27)35(28)29)39(42)41(40(33)43)38(24-9-5-3-6-10-24)25-11-7-4-8-12-25/h3-20,38H,1-2,21H2. The van der Waals surface area contributed by atoms with Crippen LogP contribution in [0.2, 0.25) is 0 Å². The van der Waals surface area contributed by atoms with Crippen LogP contribution in [0.4, 0.5) is 0 Å². The molecule has 1 heterocycles. The maximum absolute atomic E-state index is 14.5. The third kappa shape index (κ3) is 3.09. The predicted molar refractivity (Wildman–Crippen MR) is 176 cm³/mol. The molecular formula is C40H25NO2. The molecule has 0 radical (unpaired) electrons. The summed E-state index contributed by atoms with van der Waals surface area (Å²) in [5.41, 5.74) is 7.41. The van der Waals surface area contributed by atoms with Gasteiger partial charge in [-0.2, -0.15) is 0 Å². The van der Waals surface area contributed by atoms with E-state index in [2.05, 4.69) is 49.6 Å². The molecule has 7 aromatic rings. The van der Waals surface area contributed by atoms with Gasteiger partial charge in [-0.25, -0.2) is 0 Å². The van der Waals surface area contributed by atoms with Crippen LogP contribution in [0.3, 0.4) is 0 Å². The second-order valence-corrected chi connectivity index (χ2v) is 11.7. The number of benzene rings is 7. The highest BCUT2D eigenvalue weighted by Gasteiger charge is 2.39. The Morgan fingerprint density at radius 2 is 0.837 bits per heavy atom. The molecule has 2 amide bonds. The largest absolute Gasteiger partial charge is 0.269 e. The molecule has 43 heavy (non-hydrogen) atoms. The van der Waals surface area contributed by atoms with Gasteiger partial charge in [-0.3, -0.25) is 14.5 Å². The van der Waals surface area contributed by atoms with Crippen molar-refractivity contribution in [3.63, 3.8) is 0 Å². The average molecular weight is 552 g/mol. The first-order valence-corrected chi connectivity index (χ1v) is 14.6. The summed E-state index contributed by atoms with van der Waals surface area (Å²) in [6.45, 7) is 8.72. The van der Waals surface area contributed by atoms with E-state index in [-0.39, 0.29) is 11.8 Å². The van der Waals surface area contributed by atoms with E-state index in [9.17, 15) is 9.59 Å². The van der Waals surface area contributed by atoms with Crippen molar-refractivity contribution in [2.24, 2.45) is 0 Å². The highest BCUT2D eigenvalue weighted by Crippen LogP contribution is 2.49. The molecule has 1 aliphatic carbocycles. The molecule has 7 aromatic carbocycles. The number of hydrogen-bond donors (Lipinski definition) is 0. The molecular weight excluding hydrogens is 526 g/mol. The van der Waals surface area contributed by atoms with Crippen LogP contribution in [0.5, 0.6) is 0 Å². The van der Waals surface area contributed by atoms with Crippen molar-refractivity contribution < 1.29 is 9.59 Å². The van der Waals surface area contributed by atoms with Gasteiger partial charge in [0.15, 0.2) is 0 Å². The third-order valence-corrected chi connectivity index (χ3v) is 9.48. The van der Waals surface area contributed by atoms with Crippen LogP contribution in [0.1, 0.15) is 55.4 Å². The van der Waals surface area contributed by atoms with Crippen LogP contribution in [0, 0.1) is 0 Å². The van der Waals surface area contributed by atoms with Crippen molar-refractivity contribution in [2.75, 3.05) is 0 Å². The number of allylic oxidation sites excluding steroid dienone is 2. The summed E-state index contributed by atoms with van der Waals surface area (Å²) >= 11 is 0. The molecule has 3 nitrogen and oxygen atoms in total. The first-order chi connectivity index (χ1) is 21.0. The Hall–Kier alpha value is -5.54. The number of hydrogen-bond acceptors (Lipinski definition) is 2. The predicted octanol–water partition coefficient (Wildman–Crippen LogP) is 9.55. The van der Waals surface area contributed by atoms with Gasteiger partial charge in [-0.1, -0.05) is 110 Å². The summed E-state index contributed by atoms with van der Waals surface area (Å²) < 4.78 is 0. The van der Waals surface area contributed by atoms with Gasteiger partial charge in [0.05, 0.1) is 6.04 Å². The summed E-state index contributed by atoms with van der Waals surface area (Å²) in [6, 6.07) is 35.7. The fourth-order valence-corrected chi connectivity index (χ4v) is 7.63. The topological polar surface area (TPSA) is 37.4 Å². The Balaban J connectivity index is 1.34. The molecule has 0 N–H and O–H groups in total. The van der Waals surface area contributed by atoms with E-state index in [1.54, 1.807) is 0 Å². The Bertz CT molecular complexity index is 2230. The Morgan fingerprint density at radius 3 is 1.26 bits per heavy atom. The molecule has 0 saturated carbocycles. The van der Waals surface area contributed by atoms with E-state index in [0.29, 0.717) is 11.1 Å². The highest BCUT2D eigenvalue weighted by atomic mass is 16.2. The van der Waals surface area contributed by atoms with Crippen molar-refractivity contribution in [3.05, 3.63) is 156 Å². The van der Waals surface area contributed by atoms with Crippen molar-refractivity contribution in [3.8, 4) is 0 Å². The minimum atomic E-state index is -0.545. The maximum Gasteiger partial charge on any atom is 0.262 e. The van der Waals surface area contributed by atoms with E-state index >= 15 is 0 Å². The van der Waals surface area contributed by atoms with Gasteiger partial charge in [-0.05, 0) is 89.7 Å². The van der Waals surface area contributed by atoms with Crippen molar-refractivity contribution in [2.45, 2.75) is 12.5 Å². The fourth-order valence-electron chi connectivity index (χ4n) is 7.63. The quantitative estimate of drug-likeness (QED) is 0.125. The molecule has 0 saturated heterocycles. The summed E-state index contributed by atoms with van der Waals surface area (Å²) in [6.07, 6.45) is 0.771. The molecule has 0 spiro atoms. The van der Waals surface area contributed by atoms with Crippen molar-refractivity contribution in [1.82, 2.24) is 4.90 Å². The van der Waals surface area contributed by atoms with Crippen LogP contribution < -0.4 is 0 Å². The van der Waals surface area contributed by atoms with E-state index < -0.39 is 6.04 Å². The molecule has 1 aliphatic heterocycles. The lowest BCUT2D eigenvalue weighted by atomic mass is 9.78. The first kappa shape index (κ1) is 24.1. The number of rotatable bonds is 3. The van der Waals surface area contributed by atoms with Gasteiger partial charge >= 0.3 is 0 Å². The lowest BCUT2D eigenvalue weighted by Crippen LogP contribution is -2.43. The third-order valence-electron chi connectivity index (χ3n) is 9.48. The second kappa shape index (κ2) is 8.50. The smallest absolute Gasteiger partial charge is 0.262 e.